The summed E-state index contributed by atoms with van der Waals surface area (Å²) >= 11 is 0. The first kappa shape index (κ1) is 25.3. The molecule has 7 heteroatoms. The van der Waals surface area contributed by atoms with Crippen LogP contribution in [0.2, 0.25) is 0 Å². The molecule has 182 valence electrons. The minimum absolute atomic E-state index is 0.0884. The van der Waals surface area contributed by atoms with Gasteiger partial charge in [-0.2, -0.15) is 0 Å². The van der Waals surface area contributed by atoms with E-state index in [2.05, 4.69) is 18.7 Å². The molecule has 7 nitrogen and oxygen atoms in total. The molecule has 3 rings (SSSR count). The SMILES string of the molecule is CCN(CC)CCN1C(=O)C(=O)C(=C(O)c2cc(C)ccc2C)C1c1ccc(OC)c(OC)c1. The number of ether oxygens (including phenoxy) is 2. The van der Waals surface area contributed by atoms with Crippen molar-refractivity contribution in [1.82, 2.24) is 9.80 Å². The number of Topliss-reactive ketones (excluding diaryl/α,β-unsaturated/α-hetero) is 1. The van der Waals surface area contributed by atoms with E-state index in [0.717, 1.165) is 24.2 Å². The molecule has 1 aliphatic rings. The van der Waals surface area contributed by atoms with Crippen LogP contribution < -0.4 is 9.47 Å². The molecular weight excluding hydrogens is 432 g/mol. The van der Waals surface area contributed by atoms with Gasteiger partial charge in [-0.15, -0.1) is 0 Å². The highest BCUT2D eigenvalue weighted by Crippen LogP contribution is 2.42. The van der Waals surface area contributed by atoms with Crippen molar-refractivity contribution in [3.63, 3.8) is 0 Å². The summed E-state index contributed by atoms with van der Waals surface area (Å²) in [4.78, 5) is 30.2. The number of ketones is 1. The first-order valence-electron chi connectivity index (χ1n) is 11.6. The molecular formula is C27H34N2O5. The van der Waals surface area contributed by atoms with Crippen molar-refractivity contribution in [3.8, 4) is 11.5 Å². The maximum atomic E-state index is 13.3. The zero-order valence-corrected chi connectivity index (χ0v) is 20.8. The van der Waals surface area contributed by atoms with Gasteiger partial charge in [-0.25, -0.2) is 0 Å². The van der Waals surface area contributed by atoms with E-state index in [1.807, 2.05) is 32.0 Å². The first-order valence-corrected chi connectivity index (χ1v) is 11.6. The summed E-state index contributed by atoms with van der Waals surface area (Å²) in [6, 6.07) is 10.2. The van der Waals surface area contributed by atoms with E-state index in [4.69, 9.17) is 9.47 Å². The Labute approximate surface area is 201 Å². The molecule has 34 heavy (non-hydrogen) atoms. The van der Waals surface area contributed by atoms with Gasteiger partial charge in [0.15, 0.2) is 11.5 Å². The van der Waals surface area contributed by atoms with Crippen LogP contribution in [0.5, 0.6) is 11.5 Å². The van der Waals surface area contributed by atoms with Gasteiger partial charge in [-0.05, 0) is 56.3 Å². The van der Waals surface area contributed by atoms with Crippen molar-refractivity contribution in [1.29, 1.82) is 0 Å². The van der Waals surface area contributed by atoms with Gasteiger partial charge < -0.3 is 24.4 Å². The van der Waals surface area contributed by atoms with Crippen LogP contribution >= 0.6 is 0 Å². The lowest BCUT2D eigenvalue weighted by atomic mass is 9.93. The molecule has 2 aromatic carbocycles. The second-order valence-electron chi connectivity index (χ2n) is 8.45. The fourth-order valence-corrected chi connectivity index (χ4v) is 4.41. The Hall–Kier alpha value is -3.32. The monoisotopic (exact) mass is 466 g/mol. The third kappa shape index (κ3) is 4.80. The molecule has 0 radical (unpaired) electrons. The zero-order valence-electron chi connectivity index (χ0n) is 20.8. The molecule has 1 N–H and O–H groups in total. The van der Waals surface area contributed by atoms with E-state index in [0.29, 0.717) is 35.7 Å². The predicted octanol–water partition coefficient (Wildman–Crippen LogP) is 4.08. The quantitative estimate of drug-likeness (QED) is 0.341. The van der Waals surface area contributed by atoms with Crippen LogP contribution in [0.25, 0.3) is 5.76 Å². The predicted molar refractivity (Wildman–Crippen MR) is 132 cm³/mol. The highest BCUT2D eigenvalue weighted by Gasteiger charge is 2.46. The molecule has 1 atom stereocenters. The number of methoxy groups -OCH3 is 2. The second-order valence-corrected chi connectivity index (χ2v) is 8.45. The third-order valence-electron chi connectivity index (χ3n) is 6.46. The number of likely N-dealkylation sites (N-methyl/N-ethyl adjacent to an activating group) is 1. The Morgan fingerprint density at radius 2 is 1.68 bits per heavy atom. The maximum Gasteiger partial charge on any atom is 0.295 e. The molecule has 1 unspecified atom stereocenters. The highest BCUT2D eigenvalue weighted by molar-refractivity contribution is 6.46. The topological polar surface area (TPSA) is 79.3 Å². The average molecular weight is 467 g/mol. The number of aryl methyl sites for hydroxylation is 2. The number of likely N-dealkylation sites (tertiary alicyclic amines) is 1. The molecule has 0 bridgehead atoms. The summed E-state index contributed by atoms with van der Waals surface area (Å²) in [7, 11) is 3.09. The van der Waals surface area contributed by atoms with E-state index in [9.17, 15) is 14.7 Å². The fourth-order valence-electron chi connectivity index (χ4n) is 4.41. The van der Waals surface area contributed by atoms with Gasteiger partial charge >= 0.3 is 0 Å². The van der Waals surface area contributed by atoms with E-state index >= 15 is 0 Å². The summed E-state index contributed by atoms with van der Waals surface area (Å²) in [6.07, 6.45) is 0. The molecule has 0 aliphatic carbocycles. The first-order chi connectivity index (χ1) is 16.3. The minimum Gasteiger partial charge on any atom is -0.507 e. The van der Waals surface area contributed by atoms with Crippen LogP contribution in [-0.4, -0.2) is 67.0 Å². The number of carbonyl (C=O) groups is 2. The summed E-state index contributed by atoms with van der Waals surface area (Å²) in [5.74, 6) is -0.428. The lowest BCUT2D eigenvalue weighted by molar-refractivity contribution is -0.140. The van der Waals surface area contributed by atoms with Gasteiger partial charge in [0.2, 0.25) is 0 Å². The van der Waals surface area contributed by atoms with Crippen LogP contribution in [0, 0.1) is 13.8 Å². The van der Waals surface area contributed by atoms with Crippen molar-refractivity contribution in [3.05, 3.63) is 64.2 Å². The van der Waals surface area contributed by atoms with E-state index in [1.165, 1.54) is 7.11 Å². The summed E-state index contributed by atoms with van der Waals surface area (Å²) in [5.41, 5.74) is 3.08. The molecule has 1 fully saturated rings. The van der Waals surface area contributed by atoms with Crippen molar-refractivity contribution >= 4 is 17.4 Å². The number of carbonyl (C=O) groups excluding carboxylic acids is 2. The van der Waals surface area contributed by atoms with Crippen molar-refractivity contribution < 1.29 is 24.2 Å². The molecule has 2 aromatic rings. The van der Waals surface area contributed by atoms with Crippen LogP contribution in [0.4, 0.5) is 0 Å². The summed E-state index contributed by atoms with van der Waals surface area (Å²) in [6.45, 7) is 10.6. The number of aliphatic hydroxyl groups excluding tert-OH is 1. The van der Waals surface area contributed by atoms with Gasteiger partial charge in [0.25, 0.3) is 11.7 Å². The molecule has 0 saturated carbocycles. The number of hydrogen-bond donors (Lipinski definition) is 1. The lowest BCUT2D eigenvalue weighted by Gasteiger charge is -2.28. The maximum absolute atomic E-state index is 13.3. The average Bonchev–Trinajstić information content (AvgIpc) is 3.10. The fraction of sp³-hybridized carbons (Fsp3) is 0.407. The molecule has 0 aromatic heterocycles. The number of nitrogens with zero attached hydrogens (tertiary/aromatic N) is 2. The zero-order chi connectivity index (χ0) is 25.0. The van der Waals surface area contributed by atoms with Gasteiger partial charge in [0.1, 0.15) is 5.76 Å². The molecule has 1 aliphatic heterocycles. The Kier molecular flexibility index (Phi) is 7.99. The van der Waals surface area contributed by atoms with E-state index < -0.39 is 17.7 Å². The second kappa shape index (κ2) is 10.7. The van der Waals surface area contributed by atoms with Crippen LogP contribution in [-0.2, 0) is 9.59 Å². The smallest absolute Gasteiger partial charge is 0.295 e. The van der Waals surface area contributed by atoms with Crippen molar-refractivity contribution in [2.75, 3.05) is 40.4 Å². The van der Waals surface area contributed by atoms with Gasteiger partial charge in [-0.1, -0.05) is 37.6 Å². The Morgan fingerprint density at radius 1 is 1.00 bits per heavy atom. The van der Waals surface area contributed by atoms with Gasteiger partial charge in [0, 0.05) is 18.7 Å². The normalized spacial score (nSPS) is 17.5. The van der Waals surface area contributed by atoms with E-state index in [1.54, 1.807) is 30.2 Å². The number of benzene rings is 2. The minimum atomic E-state index is -0.740. The molecule has 1 amide bonds. The Balaban J connectivity index is 2.19. The number of aliphatic hydroxyl groups is 1. The standard InChI is InChI=1S/C27H34N2O5/c1-7-28(8-2)13-14-29-24(19-11-12-21(33-5)22(16-19)34-6)23(26(31)27(29)32)25(30)20-15-17(3)9-10-18(20)4/h9-12,15-16,24,30H,7-8,13-14H2,1-6H3. The molecule has 1 saturated heterocycles. The van der Waals surface area contributed by atoms with E-state index in [-0.39, 0.29) is 11.3 Å². The molecule has 1 heterocycles. The summed E-state index contributed by atoms with van der Waals surface area (Å²) in [5, 5.41) is 11.4. The Bertz CT molecular complexity index is 1100. The van der Waals surface area contributed by atoms with Crippen LogP contribution in [0.3, 0.4) is 0 Å². The van der Waals surface area contributed by atoms with Gasteiger partial charge in [0.05, 0.1) is 25.8 Å². The molecule has 0 spiro atoms. The number of rotatable bonds is 9. The largest absolute Gasteiger partial charge is 0.507 e. The number of amides is 1. The van der Waals surface area contributed by atoms with Gasteiger partial charge in [-0.3, -0.25) is 9.59 Å². The lowest BCUT2D eigenvalue weighted by Crippen LogP contribution is -2.38. The third-order valence-corrected chi connectivity index (χ3v) is 6.46. The Morgan fingerprint density at radius 3 is 2.29 bits per heavy atom. The summed E-state index contributed by atoms with van der Waals surface area (Å²) < 4.78 is 10.8. The van der Waals surface area contributed by atoms with Crippen molar-refractivity contribution in [2.24, 2.45) is 0 Å². The van der Waals surface area contributed by atoms with Crippen LogP contribution in [0.1, 0.15) is 42.1 Å². The van der Waals surface area contributed by atoms with Crippen molar-refractivity contribution in [2.45, 2.75) is 33.7 Å². The number of hydrogen-bond acceptors (Lipinski definition) is 6. The van der Waals surface area contributed by atoms with Crippen LogP contribution in [0.15, 0.2) is 42.0 Å². The highest BCUT2D eigenvalue weighted by atomic mass is 16.5.